The first kappa shape index (κ1) is 15.9. The van der Waals surface area contributed by atoms with E-state index in [2.05, 4.69) is 30.8 Å². The second-order valence-corrected chi connectivity index (χ2v) is 7.60. The van der Waals surface area contributed by atoms with Crippen LogP contribution in [0.4, 0.5) is 0 Å². The summed E-state index contributed by atoms with van der Waals surface area (Å²) in [6, 6.07) is 0.100. The van der Waals surface area contributed by atoms with E-state index < -0.39 is 10.2 Å². The average molecular weight is 277 g/mol. The Hall–Kier alpha value is -0.170. The third kappa shape index (κ3) is 4.84. The molecule has 1 aliphatic rings. The van der Waals surface area contributed by atoms with Gasteiger partial charge in [-0.05, 0) is 37.8 Å². The van der Waals surface area contributed by atoms with Crippen LogP contribution in [0.2, 0.25) is 0 Å². The van der Waals surface area contributed by atoms with E-state index in [-0.39, 0.29) is 11.5 Å². The molecular formula is C12H27N3O2S. The Bertz CT molecular complexity index is 354. The Morgan fingerprint density at radius 3 is 2.44 bits per heavy atom. The highest BCUT2D eigenvalue weighted by molar-refractivity contribution is 7.87. The van der Waals surface area contributed by atoms with Crippen LogP contribution in [0.3, 0.4) is 0 Å². The third-order valence-corrected chi connectivity index (χ3v) is 5.05. The fourth-order valence-corrected chi connectivity index (χ4v) is 3.10. The van der Waals surface area contributed by atoms with E-state index >= 15 is 0 Å². The van der Waals surface area contributed by atoms with Crippen LogP contribution in [0, 0.1) is 5.41 Å². The van der Waals surface area contributed by atoms with Crippen LogP contribution in [0.1, 0.15) is 40.0 Å². The lowest BCUT2D eigenvalue weighted by molar-refractivity contribution is 0.439. The maximum atomic E-state index is 12.0. The highest BCUT2D eigenvalue weighted by atomic mass is 32.2. The van der Waals surface area contributed by atoms with Gasteiger partial charge in [-0.1, -0.05) is 20.8 Å². The smallest absolute Gasteiger partial charge is 0.279 e. The molecule has 0 aliphatic heterocycles. The molecular weight excluding hydrogens is 250 g/mol. The molecule has 0 saturated heterocycles. The molecule has 1 saturated carbocycles. The molecule has 0 spiro atoms. The van der Waals surface area contributed by atoms with Gasteiger partial charge in [0.15, 0.2) is 0 Å². The van der Waals surface area contributed by atoms with Gasteiger partial charge in [-0.2, -0.15) is 17.4 Å². The summed E-state index contributed by atoms with van der Waals surface area (Å²) < 4.78 is 28.1. The van der Waals surface area contributed by atoms with Crippen molar-refractivity contribution in [3.8, 4) is 0 Å². The summed E-state index contributed by atoms with van der Waals surface area (Å²) in [6.45, 7) is 8.68. The number of nitrogens with one attached hydrogen (secondary N) is 2. The maximum Gasteiger partial charge on any atom is 0.279 e. The first-order valence-electron chi connectivity index (χ1n) is 6.74. The number of nitrogens with zero attached hydrogens (tertiary/aromatic N) is 1. The molecule has 1 rings (SSSR count). The van der Waals surface area contributed by atoms with Crippen LogP contribution < -0.4 is 10.0 Å². The number of hydrogen-bond acceptors (Lipinski definition) is 3. The molecule has 0 radical (unpaired) electrons. The molecule has 0 bridgehead atoms. The standard InChI is InChI=1S/C12H27N3O2S/c1-5-7-13-8-6-9-15(4)18(16,17)14-11-10-12(11,2)3/h11,13-14H,5-10H2,1-4H3. The van der Waals surface area contributed by atoms with Gasteiger partial charge in [-0.3, -0.25) is 0 Å². The molecule has 1 aliphatic carbocycles. The number of rotatable bonds is 9. The fraction of sp³-hybridized carbons (Fsp3) is 1.00. The van der Waals surface area contributed by atoms with Crippen LogP contribution >= 0.6 is 0 Å². The largest absolute Gasteiger partial charge is 0.317 e. The van der Waals surface area contributed by atoms with E-state index in [0.717, 1.165) is 32.4 Å². The highest BCUT2D eigenvalue weighted by Crippen LogP contribution is 2.45. The van der Waals surface area contributed by atoms with Gasteiger partial charge < -0.3 is 5.32 Å². The first-order valence-corrected chi connectivity index (χ1v) is 8.18. The summed E-state index contributed by atoms with van der Waals surface area (Å²) in [4.78, 5) is 0. The lowest BCUT2D eigenvalue weighted by atomic mass is 10.2. The van der Waals surface area contributed by atoms with Crippen molar-refractivity contribution in [1.82, 2.24) is 14.3 Å². The van der Waals surface area contributed by atoms with E-state index in [1.54, 1.807) is 7.05 Å². The maximum absolute atomic E-state index is 12.0. The van der Waals surface area contributed by atoms with Gasteiger partial charge in [0.2, 0.25) is 0 Å². The average Bonchev–Trinajstić information content (AvgIpc) is 2.84. The monoisotopic (exact) mass is 277 g/mol. The quantitative estimate of drug-likeness (QED) is 0.617. The zero-order valence-electron chi connectivity index (χ0n) is 12.0. The Morgan fingerprint density at radius 2 is 1.94 bits per heavy atom. The first-order chi connectivity index (χ1) is 8.29. The Kier molecular flexibility index (Phi) is 5.58. The van der Waals surface area contributed by atoms with Gasteiger partial charge in [-0.15, -0.1) is 0 Å². The van der Waals surface area contributed by atoms with E-state index in [1.165, 1.54) is 4.31 Å². The topological polar surface area (TPSA) is 61.4 Å². The third-order valence-electron chi connectivity index (χ3n) is 3.47. The summed E-state index contributed by atoms with van der Waals surface area (Å²) in [6.07, 6.45) is 2.87. The lowest BCUT2D eigenvalue weighted by Gasteiger charge is -2.18. The zero-order valence-corrected chi connectivity index (χ0v) is 12.8. The molecule has 0 amide bonds. The minimum atomic E-state index is -3.31. The van der Waals surface area contributed by atoms with Crippen molar-refractivity contribution in [2.45, 2.75) is 46.1 Å². The predicted octanol–water partition coefficient (Wildman–Crippen LogP) is 0.941. The second kappa shape index (κ2) is 6.32. The second-order valence-electron chi connectivity index (χ2n) is 5.79. The normalized spacial score (nSPS) is 22.4. The zero-order chi connectivity index (χ0) is 13.8. The van der Waals surface area contributed by atoms with Crippen molar-refractivity contribution >= 4 is 10.2 Å². The lowest BCUT2D eigenvalue weighted by Crippen LogP contribution is -2.41. The summed E-state index contributed by atoms with van der Waals surface area (Å²) in [5.41, 5.74) is 0.122. The Labute approximate surface area is 112 Å². The summed E-state index contributed by atoms with van der Waals surface area (Å²) >= 11 is 0. The van der Waals surface area contributed by atoms with Crippen molar-refractivity contribution in [2.24, 2.45) is 5.41 Å². The molecule has 0 heterocycles. The summed E-state index contributed by atoms with van der Waals surface area (Å²) in [5, 5.41) is 3.27. The molecule has 5 nitrogen and oxygen atoms in total. The Balaban J connectivity index is 2.25. The van der Waals surface area contributed by atoms with E-state index in [0.29, 0.717) is 6.54 Å². The van der Waals surface area contributed by atoms with Crippen molar-refractivity contribution in [2.75, 3.05) is 26.7 Å². The van der Waals surface area contributed by atoms with Crippen LogP contribution in [0.5, 0.6) is 0 Å². The van der Waals surface area contributed by atoms with Gasteiger partial charge >= 0.3 is 0 Å². The van der Waals surface area contributed by atoms with Crippen molar-refractivity contribution in [1.29, 1.82) is 0 Å². The fourth-order valence-electron chi connectivity index (χ4n) is 1.79. The van der Waals surface area contributed by atoms with Crippen molar-refractivity contribution < 1.29 is 8.42 Å². The molecule has 2 N–H and O–H groups in total. The van der Waals surface area contributed by atoms with E-state index in [1.807, 2.05) is 0 Å². The summed E-state index contributed by atoms with van der Waals surface area (Å²) in [7, 11) is -1.67. The Morgan fingerprint density at radius 1 is 1.33 bits per heavy atom. The molecule has 6 heteroatoms. The van der Waals surface area contributed by atoms with Crippen LogP contribution in [-0.4, -0.2) is 45.4 Å². The van der Waals surface area contributed by atoms with E-state index in [4.69, 9.17) is 0 Å². The highest BCUT2D eigenvalue weighted by Gasteiger charge is 2.48. The molecule has 18 heavy (non-hydrogen) atoms. The summed E-state index contributed by atoms with van der Waals surface area (Å²) in [5.74, 6) is 0. The molecule has 0 aromatic carbocycles. The molecule has 1 fully saturated rings. The van der Waals surface area contributed by atoms with Crippen LogP contribution in [-0.2, 0) is 10.2 Å². The van der Waals surface area contributed by atoms with E-state index in [9.17, 15) is 8.42 Å². The van der Waals surface area contributed by atoms with Crippen LogP contribution in [0.15, 0.2) is 0 Å². The van der Waals surface area contributed by atoms with Crippen LogP contribution in [0.25, 0.3) is 0 Å². The molecule has 108 valence electrons. The van der Waals surface area contributed by atoms with Gasteiger partial charge in [-0.25, -0.2) is 0 Å². The van der Waals surface area contributed by atoms with Gasteiger partial charge in [0.1, 0.15) is 0 Å². The molecule has 1 atom stereocenters. The minimum absolute atomic E-state index is 0.100. The van der Waals surface area contributed by atoms with Gasteiger partial charge in [0.25, 0.3) is 10.2 Å². The number of hydrogen-bond donors (Lipinski definition) is 2. The SMILES string of the molecule is CCCNCCCN(C)S(=O)(=O)NC1CC1(C)C. The van der Waals surface area contributed by atoms with Gasteiger partial charge in [0.05, 0.1) is 0 Å². The van der Waals surface area contributed by atoms with Crippen molar-refractivity contribution in [3.63, 3.8) is 0 Å². The predicted molar refractivity (Wildman–Crippen MR) is 74.6 cm³/mol. The van der Waals surface area contributed by atoms with Gasteiger partial charge in [0, 0.05) is 19.6 Å². The molecule has 0 aromatic rings. The molecule has 1 unspecified atom stereocenters. The van der Waals surface area contributed by atoms with Crippen molar-refractivity contribution in [3.05, 3.63) is 0 Å². The molecule has 0 aromatic heterocycles. The minimum Gasteiger partial charge on any atom is -0.317 e.